The quantitative estimate of drug-likeness (QED) is 0.410. The summed E-state index contributed by atoms with van der Waals surface area (Å²) in [6.45, 7) is 8.72. The van der Waals surface area contributed by atoms with Gasteiger partial charge in [0.15, 0.2) is 5.82 Å². The van der Waals surface area contributed by atoms with Crippen LogP contribution in [-0.4, -0.2) is 26.2 Å². The zero-order valence-electron chi connectivity index (χ0n) is 19.5. The van der Waals surface area contributed by atoms with Crippen molar-refractivity contribution in [1.82, 2.24) is 20.1 Å². The molecule has 0 unspecified atom stereocenters. The number of aromatic nitrogens is 4. The van der Waals surface area contributed by atoms with Crippen LogP contribution < -0.4 is 4.74 Å². The smallest absolute Gasteiger partial charge is 0.220 e. The van der Waals surface area contributed by atoms with E-state index in [2.05, 4.69) is 43.9 Å². The molecule has 0 saturated heterocycles. The Morgan fingerprint density at radius 2 is 2.00 bits per heavy atom. The maximum atomic E-state index is 6.30. The first-order valence-corrected chi connectivity index (χ1v) is 11.8. The predicted molar refractivity (Wildman–Crippen MR) is 126 cm³/mol. The number of ether oxygens (including phenoxy) is 1. The molecule has 2 aliphatic rings. The normalized spacial score (nSPS) is 23.8. The van der Waals surface area contributed by atoms with Crippen LogP contribution in [0.2, 0.25) is 0 Å². The van der Waals surface area contributed by atoms with Gasteiger partial charge in [0.1, 0.15) is 5.76 Å². The number of rotatable bonds is 3. The largest absolute Gasteiger partial charge is 0.475 e. The van der Waals surface area contributed by atoms with Gasteiger partial charge in [-0.2, -0.15) is 4.98 Å². The minimum absolute atomic E-state index is 0.0338. The Kier molecular flexibility index (Phi) is 4.54. The van der Waals surface area contributed by atoms with E-state index in [4.69, 9.17) is 19.2 Å². The molecule has 0 aliphatic heterocycles. The number of para-hydroxylation sites is 1. The summed E-state index contributed by atoms with van der Waals surface area (Å²) >= 11 is 0. The van der Waals surface area contributed by atoms with E-state index in [1.165, 1.54) is 5.56 Å². The molecule has 0 radical (unpaired) electrons. The van der Waals surface area contributed by atoms with Gasteiger partial charge in [0, 0.05) is 39.6 Å². The van der Waals surface area contributed by atoms with Gasteiger partial charge in [-0.15, -0.1) is 0 Å². The van der Waals surface area contributed by atoms with Crippen molar-refractivity contribution in [1.29, 1.82) is 0 Å². The zero-order valence-corrected chi connectivity index (χ0v) is 19.5. The lowest BCUT2D eigenvalue weighted by Gasteiger charge is -2.47. The van der Waals surface area contributed by atoms with Crippen molar-refractivity contribution >= 4 is 10.9 Å². The summed E-state index contributed by atoms with van der Waals surface area (Å²) in [5, 5.41) is 5.16. The molecule has 33 heavy (non-hydrogen) atoms. The first-order valence-electron chi connectivity index (χ1n) is 11.8. The molecule has 2 aliphatic carbocycles. The average molecular weight is 441 g/mol. The minimum Gasteiger partial charge on any atom is -0.475 e. The Bertz CT molecular complexity index is 1360. The molecule has 0 fully saturated rings. The van der Waals surface area contributed by atoms with Gasteiger partial charge < -0.3 is 9.26 Å². The highest BCUT2D eigenvalue weighted by atomic mass is 16.5. The number of nitrogens with zero attached hydrogens (tertiary/aromatic N) is 4. The lowest BCUT2D eigenvalue weighted by atomic mass is 9.56. The van der Waals surface area contributed by atoms with Crippen LogP contribution in [0.5, 0.6) is 5.88 Å². The molecule has 4 aromatic rings. The molecule has 6 heteroatoms. The summed E-state index contributed by atoms with van der Waals surface area (Å²) in [7, 11) is 0. The molecule has 3 aromatic heterocycles. The van der Waals surface area contributed by atoms with Gasteiger partial charge in [-0.1, -0.05) is 37.2 Å². The van der Waals surface area contributed by atoms with Crippen LogP contribution in [0.25, 0.3) is 22.3 Å². The number of hydrogen-bond donors (Lipinski definition) is 0. The molecule has 0 N–H and O–H groups in total. The molecular weight excluding hydrogens is 412 g/mol. The van der Waals surface area contributed by atoms with Gasteiger partial charge in [0.2, 0.25) is 5.88 Å². The van der Waals surface area contributed by atoms with Crippen molar-refractivity contribution in [2.24, 2.45) is 5.92 Å². The summed E-state index contributed by atoms with van der Waals surface area (Å²) < 4.78 is 11.9. The number of hydrogen-bond acceptors (Lipinski definition) is 6. The van der Waals surface area contributed by atoms with E-state index in [1.807, 2.05) is 36.7 Å². The van der Waals surface area contributed by atoms with Crippen LogP contribution in [0, 0.1) is 5.92 Å². The Morgan fingerprint density at radius 3 is 2.85 bits per heavy atom. The van der Waals surface area contributed by atoms with Gasteiger partial charge in [0.25, 0.3) is 0 Å². The fourth-order valence-corrected chi connectivity index (χ4v) is 6.06. The summed E-state index contributed by atoms with van der Waals surface area (Å²) in [6, 6.07) is 10.2. The molecule has 6 nitrogen and oxygen atoms in total. The maximum absolute atomic E-state index is 6.30. The van der Waals surface area contributed by atoms with Crippen molar-refractivity contribution in [3.05, 3.63) is 65.3 Å². The molecular formula is C27H28N4O2. The zero-order chi connectivity index (χ0) is 22.7. The average Bonchev–Trinajstić information content (AvgIpc) is 3.26. The van der Waals surface area contributed by atoms with E-state index in [1.54, 1.807) is 0 Å². The van der Waals surface area contributed by atoms with Crippen molar-refractivity contribution in [2.75, 3.05) is 0 Å². The highest BCUT2D eigenvalue weighted by molar-refractivity contribution is 5.92. The molecule has 0 saturated carbocycles. The molecule has 1 aromatic carbocycles. The summed E-state index contributed by atoms with van der Waals surface area (Å²) in [6.07, 6.45) is 6.57. The number of pyridine rings is 1. The number of benzene rings is 1. The summed E-state index contributed by atoms with van der Waals surface area (Å²) in [5.41, 5.74) is 5.23. The van der Waals surface area contributed by atoms with E-state index in [-0.39, 0.29) is 11.5 Å². The molecule has 0 spiro atoms. The topological polar surface area (TPSA) is 73.9 Å². The third-order valence-corrected chi connectivity index (χ3v) is 7.52. The van der Waals surface area contributed by atoms with Crippen LogP contribution in [0.15, 0.2) is 47.2 Å². The molecule has 6 rings (SSSR count). The SMILES string of the molecule is CC(C)Oc1nc(-c2ccnc3ccccc23)nc2c1CC[C@@H]1[C@@H](C)c3oncc3C[C@@]21C. The Labute approximate surface area is 193 Å². The summed E-state index contributed by atoms with van der Waals surface area (Å²) in [5.74, 6) is 3.18. The number of fused-ring (bicyclic) bond motifs is 5. The standard InChI is InChI=1S/C27H28N4O2/c1-15(2)32-26-20-9-10-21-16(3)23-17(14-29-33-23)13-27(21,4)24(20)30-25(31-26)19-11-12-28-22-8-6-5-7-18(19)22/h5-8,11-12,14-16,21H,9-10,13H2,1-4H3/t16-,21-,27-/m1/s1. The summed E-state index contributed by atoms with van der Waals surface area (Å²) in [4.78, 5) is 14.8. The van der Waals surface area contributed by atoms with Crippen LogP contribution in [0.3, 0.4) is 0 Å². The Balaban J connectivity index is 1.59. The first-order chi connectivity index (χ1) is 16.0. The fraction of sp³-hybridized carbons (Fsp3) is 0.407. The van der Waals surface area contributed by atoms with Crippen LogP contribution >= 0.6 is 0 Å². The second-order valence-electron chi connectivity index (χ2n) is 9.97. The monoisotopic (exact) mass is 440 g/mol. The van der Waals surface area contributed by atoms with Gasteiger partial charge >= 0.3 is 0 Å². The second-order valence-corrected chi connectivity index (χ2v) is 9.97. The molecule has 0 bridgehead atoms. The van der Waals surface area contributed by atoms with Gasteiger partial charge in [-0.3, -0.25) is 4.98 Å². The van der Waals surface area contributed by atoms with E-state index >= 15 is 0 Å². The van der Waals surface area contributed by atoms with Crippen LogP contribution in [0.4, 0.5) is 0 Å². The van der Waals surface area contributed by atoms with Gasteiger partial charge in [-0.25, -0.2) is 4.98 Å². The fourth-order valence-electron chi connectivity index (χ4n) is 6.06. The molecule has 3 heterocycles. The lowest BCUT2D eigenvalue weighted by Crippen LogP contribution is -2.45. The minimum atomic E-state index is -0.138. The molecule has 0 amide bonds. The van der Waals surface area contributed by atoms with Crippen LogP contribution in [0.1, 0.15) is 62.6 Å². The first kappa shape index (κ1) is 20.3. The second kappa shape index (κ2) is 7.37. The predicted octanol–water partition coefficient (Wildman–Crippen LogP) is 5.65. The van der Waals surface area contributed by atoms with Crippen molar-refractivity contribution in [3.8, 4) is 17.3 Å². The van der Waals surface area contributed by atoms with E-state index < -0.39 is 0 Å². The van der Waals surface area contributed by atoms with E-state index in [0.717, 1.165) is 52.7 Å². The van der Waals surface area contributed by atoms with Crippen molar-refractivity contribution in [3.63, 3.8) is 0 Å². The third kappa shape index (κ3) is 3.07. The highest BCUT2D eigenvalue weighted by Crippen LogP contribution is 2.54. The van der Waals surface area contributed by atoms with E-state index in [9.17, 15) is 0 Å². The lowest BCUT2D eigenvalue weighted by molar-refractivity contribution is 0.165. The Morgan fingerprint density at radius 1 is 1.15 bits per heavy atom. The maximum Gasteiger partial charge on any atom is 0.220 e. The third-order valence-electron chi connectivity index (χ3n) is 7.52. The van der Waals surface area contributed by atoms with Crippen molar-refractivity contribution < 1.29 is 9.26 Å². The highest BCUT2D eigenvalue weighted by Gasteiger charge is 2.50. The van der Waals surface area contributed by atoms with E-state index in [0.29, 0.717) is 23.5 Å². The molecule has 3 atom stereocenters. The van der Waals surface area contributed by atoms with Gasteiger partial charge in [-0.05, 0) is 51.2 Å². The van der Waals surface area contributed by atoms with Gasteiger partial charge in [0.05, 0.1) is 23.5 Å². The Hall–Kier alpha value is -3.28. The van der Waals surface area contributed by atoms with Crippen LogP contribution in [-0.2, 0) is 18.3 Å². The molecule has 168 valence electrons. The van der Waals surface area contributed by atoms with Crippen molar-refractivity contribution in [2.45, 2.75) is 64.4 Å².